The van der Waals surface area contributed by atoms with E-state index in [-0.39, 0.29) is 0 Å². The van der Waals surface area contributed by atoms with E-state index in [1.165, 1.54) is 11.3 Å². The Morgan fingerprint density at radius 2 is 1.94 bits per heavy atom. The first-order chi connectivity index (χ1) is 8.52. The molecule has 0 bridgehead atoms. The molecule has 1 aromatic carbocycles. The van der Waals surface area contributed by atoms with Crippen molar-refractivity contribution in [3.63, 3.8) is 0 Å². The van der Waals surface area contributed by atoms with E-state index in [9.17, 15) is 0 Å². The lowest BCUT2D eigenvalue weighted by atomic mass is 10.1. The van der Waals surface area contributed by atoms with Crippen molar-refractivity contribution in [2.24, 2.45) is 11.7 Å². The number of nitrogens with two attached hydrogens (primary N) is 1. The van der Waals surface area contributed by atoms with Gasteiger partial charge in [-0.2, -0.15) is 0 Å². The Morgan fingerprint density at radius 3 is 2.50 bits per heavy atom. The topological polar surface area (TPSA) is 43.8 Å². The summed E-state index contributed by atoms with van der Waals surface area (Å²) in [5, 5.41) is 0. The molecule has 0 fully saturated rings. The van der Waals surface area contributed by atoms with Crippen LogP contribution in [0, 0.1) is 5.92 Å². The molecule has 0 radical (unpaired) electrons. The van der Waals surface area contributed by atoms with Crippen LogP contribution in [0.15, 0.2) is 18.2 Å². The zero-order valence-electron chi connectivity index (χ0n) is 11.8. The fraction of sp³-hybridized carbons (Fsp3) is 0.533. The van der Waals surface area contributed by atoms with Gasteiger partial charge in [0.1, 0.15) is 5.82 Å². The lowest BCUT2D eigenvalue weighted by Crippen LogP contribution is -2.08. The minimum absolute atomic E-state index is 0.437. The van der Waals surface area contributed by atoms with E-state index in [1.54, 1.807) is 0 Å². The SMILES string of the molecule is CC(C)Cc1nc2cc(CN)ccc2n1C(C)C. The van der Waals surface area contributed by atoms with Gasteiger partial charge in [-0.15, -0.1) is 0 Å². The van der Waals surface area contributed by atoms with Crippen LogP contribution >= 0.6 is 0 Å². The van der Waals surface area contributed by atoms with Crippen LogP contribution in [0.25, 0.3) is 11.0 Å². The Labute approximate surface area is 109 Å². The van der Waals surface area contributed by atoms with Crippen LogP contribution in [-0.4, -0.2) is 9.55 Å². The Bertz CT molecular complexity index is 538. The maximum absolute atomic E-state index is 5.69. The standard InChI is InChI=1S/C15H23N3/c1-10(2)7-15-17-13-8-12(9-16)5-6-14(13)18(15)11(3)4/h5-6,8,10-11H,7,9,16H2,1-4H3. The minimum Gasteiger partial charge on any atom is -0.326 e. The number of aromatic nitrogens is 2. The Hall–Kier alpha value is -1.35. The lowest BCUT2D eigenvalue weighted by Gasteiger charge is -2.14. The molecular formula is C15H23N3. The van der Waals surface area contributed by atoms with Gasteiger partial charge in [0, 0.05) is 19.0 Å². The van der Waals surface area contributed by atoms with Crippen molar-refractivity contribution in [3.05, 3.63) is 29.6 Å². The maximum Gasteiger partial charge on any atom is 0.110 e. The van der Waals surface area contributed by atoms with Gasteiger partial charge in [0.05, 0.1) is 11.0 Å². The third-order valence-corrected chi connectivity index (χ3v) is 3.17. The number of imidazole rings is 1. The van der Waals surface area contributed by atoms with Crippen LogP contribution in [0.5, 0.6) is 0 Å². The summed E-state index contributed by atoms with van der Waals surface area (Å²) < 4.78 is 2.34. The predicted octanol–water partition coefficient (Wildman–Crippen LogP) is 3.27. The van der Waals surface area contributed by atoms with Gasteiger partial charge in [-0.25, -0.2) is 4.98 Å². The zero-order chi connectivity index (χ0) is 13.3. The molecule has 2 N–H and O–H groups in total. The highest BCUT2D eigenvalue weighted by Gasteiger charge is 2.14. The van der Waals surface area contributed by atoms with Gasteiger partial charge in [-0.1, -0.05) is 19.9 Å². The van der Waals surface area contributed by atoms with E-state index in [0.29, 0.717) is 18.5 Å². The molecule has 1 heterocycles. The second-order valence-corrected chi connectivity index (χ2v) is 5.62. The van der Waals surface area contributed by atoms with E-state index in [1.807, 2.05) is 0 Å². The van der Waals surface area contributed by atoms with Gasteiger partial charge < -0.3 is 10.3 Å². The molecular weight excluding hydrogens is 222 g/mol. The summed E-state index contributed by atoms with van der Waals surface area (Å²) in [6.07, 6.45) is 1.02. The highest BCUT2D eigenvalue weighted by Crippen LogP contribution is 2.23. The van der Waals surface area contributed by atoms with Crippen LogP contribution in [0.3, 0.4) is 0 Å². The average molecular weight is 245 g/mol. The lowest BCUT2D eigenvalue weighted by molar-refractivity contribution is 0.540. The second-order valence-electron chi connectivity index (χ2n) is 5.62. The van der Waals surface area contributed by atoms with Gasteiger partial charge in [0.25, 0.3) is 0 Å². The van der Waals surface area contributed by atoms with Gasteiger partial charge in [0.15, 0.2) is 0 Å². The van der Waals surface area contributed by atoms with E-state index in [0.717, 1.165) is 17.5 Å². The number of hydrogen-bond donors (Lipinski definition) is 1. The predicted molar refractivity (Wildman–Crippen MR) is 76.6 cm³/mol. The number of fused-ring (bicyclic) bond motifs is 1. The monoisotopic (exact) mass is 245 g/mol. The summed E-state index contributed by atoms with van der Waals surface area (Å²) in [4.78, 5) is 4.79. The summed E-state index contributed by atoms with van der Waals surface area (Å²) in [5.41, 5.74) is 9.13. The molecule has 0 unspecified atom stereocenters. The van der Waals surface area contributed by atoms with E-state index in [4.69, 9.17) is 10.7 Å². The number of rotatable bonds is 4. The molecule has 3 nitrogen and oxygen atoms in total. The first-order valence-electron chi connectivity index (χ1n) is 6.72. The highest BCUT2D eigenvalue weighted by atomic mass is 15.1. The number of nitrogens with zero attached hydrogens (tertiary/aromatic N) is 2. The van der Waals surface area contributed by atoms with Gasteiger partial charge >= 0.3 is 0 Å². The fourth-order valence-electron chi connectivity index (χ4n) is 2.41. The van der Waals surface area contributed by atoms with Crippen LogP contribution < -0.4 is 5.73 Å². The highest BCUT2D eigenvalue weighted by molar-refractivity contribution is 5.77. The molecule has 2 aromatic rings. The molecule has 0 atom stereocenters. The van der Waals surface area contributed by atoms with Crippen molar-refractivity contribution in [2.45, 2.75) is 46.7 Å². The van der Waals surface area contributed by atoms with Crippen molar-refractivity contribution >= 4 is 11.0 Å². The first kappa shape index (κ1) is 13.1. The number of hydrogen-bond acceptors (Lipinski definition) is 2. The maximum atomic E-state index is 5.69. The largest absolute Gasteiger partial charge is 0.326 e. The summed E-state index contributed by atoms with van der Waals surface area (Å²) >= 11 is 0. The van der Waals surface area contributed by atoms with Crippen LogP contribution in [0.2, 0.25) is 0 Å². The van der Waals surface area contributed by atoms with Crippen molar-refractivity contribution in [2.75, 3.05) is 0 Å². The van der Waals surface area contributed by atoms with E-state index in [2.05, 4.69) is 50.5 Å². The fourth-order valence-corrected chi connectivity index (χ4v) is 2.41. The third kappa shape index (κ3) is 2.41. The summed E-state index contributed by atoms with van der Waals surface area (Å²) in [6.45, 7) is 9.46. The molecule has 3 heteroatoms. The molecule has 0 spiro atoms. The molecule has 0 aliphatic rings. The van der Waals surface area contributed by atoms with Crippen LogP contribution in [0.4, 0.5) is 0 Å². The van der Waals surface area contributed by atoms with Gasteiger partial charge in [-0.3, -0.25) is 0 Å². The zero-order valence-corrected chi connectivity index (χ0v) is 11.8. The molecule has 0 saturated carbocycles. The normalized spacial score (nSPS) is 11.9. The minimum atomic E-state index is 0.437. The Morgan fingerprint density at radius 1 is 1.22 bits per heavy atom. The molecule has 0 saturated heterocycles. The Kier molecular flexibility index (Phi) is 3.71. The molecule has 0 amide bonds. The van der Waals surface area contributed by atoms with E-state index < -0.39 is 0 Å². The Balaban J connectivity index is 2.58. The molecule has 0 aliphatic carbocycles. The third-order valence-electron chi connectivity index (χ3n) is 3.17. The van der Waals surface area contributed by atoms with Crippen LogP contribution in [-0.2, 0) is 13.0 Å². The quantitative estimate of drug-likeness (QED) is 0.898. The molecule has 1 aromatic heterocycles. The summed E-state index contributed by atoms with van der Waals surface area (Å²) in [5.74, 6) is 1.80. The summed E-state index contributed by atoms with van der Waals surface area (Å²) in [7, 11) is 0. The van der Waals surface area contributed by atoms with Crippen molar-refractivity contribution < 1.29 is 0 Å². The smallest absolute Gasteiger partial charge is 0.110 e. The molecule has 0 aliphatic heterocycles. The molecule has 18 heavy (non-hydrogen) atoms. The van der Waals surface area contributed by atoms with Crippen LogP contribution in [0.1, 0.15) is 45.1 Å². The molecule has 98 valence electrons. The second kappa shape index (κ2) is 5.11. The van der Waals surface area contributed by atoms with Crippen molar-refractivity contribution in [1.29, 1.82) is 0 Å². The van der Waals surface area contributed by atoms with Gasteiger partial charge in [0.2, 0.25) is 0 Å². The van der Waals surface area contributed by atoms with Gasteiger partial charge in [-0.05, 0) is 37.5 Å². The van der Waals surface area contributed by atoms with Crippen molar-refractivity contribution in [1.82, 2.24) is 9.55 Å². The average Bonchev–Trinajstić information content (AvgIpc) is 2.64. The summed E-state index contributed by atoms with van der Waals surface area (Å²) in [6, 6.07) is 6.79. The van der Waals surface area contributed by atoms with Crippen molar-refractivity contribution in [3.8, 4) is 0 Å². The van der Waals surface area contributed by atoms with E-state index >= 15 is 0 Å². The molecule has 2 rings (SSSR count). The first-order valence-corrected chi connectivity index (χ1v) is 6.72. The number of benzene rings is 1.